The van der Waals surface area contributed by atoms with Crippen LogP contribution >= 0.6 is 0 Å². The highest BCUT2D eigenvalue weighted by Crippen LogP contribution is 2.34. The average Bonchev–Trinajstić information content (AvgIpc) is 2.47. The molecule has 0 bridgehead atoms. The summed E-state index contributed by atoms with van der Waals surface area (Å²) in [7, 11) is 0. The van der Waals surface area contributed by atoms with Crippen LogP contribution in [-0.4, -0.2) is 24.1 Å². The topological polar surface area (TPSA) is 12.5 Å². The third-order valence-corrected chi connectivity index (χ3v) is 3.34. The zero-order valence-electron chi connectivity index (χ0n) is 10.4. The fourth-order valence-electron chi connectivity index (χ4n) is 2.56. The molecule has 0 saturated heterocycles. The van der Waals surface area contributed by atoms with Gasteiger partial charge < -0.3 is 4.74 Å². The lowest BCUT2D eigenvalue weighted by molar-refractivity contribution is 0.139. The van der Waals surface area contributed by atoms with E-state index in [0.717, 1.165) is 25.3 Å². The SMILES string of the molecule is CCC1c2ccccc2OCCN1C(C)C. The van der Waals surface area contributed by atoms with E-state index in [1.165, 1.54) is 5.56 Å². The molecule has 2 heteroatoms. The summed E-state index contributed by atoms with van der Waals surface area (Å²) in [6.07, 6.45) is 1.14. The Kier molecular flexibility index (Phi) is 3.49. The number of rotatable bonds is 2. The number of ether oxygens (including phenoxy) is 1. The average molecular weight is 219 g/mol. The van der Waals surface area contributed by atoms with E-state index in [4.69, 9.17) is 4.74 Å². The minimum atomic E-state index is 0.499. The Labute approximate surface area is 98.2 Å². The van der Waals surface area contributed by atoms with Gasteiger partial charge in [-0.25, -0.2) is 0 Å². The molecule has 2 nitrogen and oxygen atoms in total. The molecule has 0 saturated carbocycles. The molecule has 0 aromatic heterocycles. The predicted octanol–water partition coefficient (Wildman–Crippen LogP) is 3.24. The van der Waals surface area contributed by atoms with Crippen LogP contribution in [0.3, 0.4) is 0 Å². The molecule has 88 valence electrons. The smallest absolute Gasteiger partial charge is 0.124 e. The summed E-state index contributed by atoms with van der Waals surface area (Å²) in [6.45, 7) is 8.59. The number of hydrogen-bond acceptors (Lipinski definition) is 2. The second-order valence-electron chi connectivity index (χ2n) is 4.64. The molecule has 1 unspecified atom stereocenters. The van der Waals surface area contributed by atoms with Gasteiger partial charge in [-0.2, -0.15) is 0 Å². The highest BCUT2D eigenvalue weighted by Gasteiger charge is 2.26. The Morgan fingerprint density at radius 3 is 2.81 bits per heavy atom. The van der Waals surface area contributed by atoms with Crippen molar-refractivity contribution >= 4 is 0 Å². The van der Waals surface area contributed by atoms with Crippen LogP contribution < -0.4 is 4.74 Å². The first-order valence-electron chi connectivity index (χ1n) is 6.21. The maximum absolute atomic E-state index is 5.82. The molecule has 1 aliphatic heterocycles. The second kappa shape index (κ2) is 4.88. The Hall–Kier alpha value is -1.02. The van der Waals surface area contributed by atoms with Crippen LogP contribution in [0.2, 0.25) is 0 Å². The standard InChI is InChI=1S/C14H21NO/c1-4-13-12-7-5-6-8-14(12)16-10-9-15(13)11(2)3/h5-8,11,13H,4,9-10H2,1-3H3. The first kappa shape index (κ1) is 11.5. The van der Waals surface area contributed by atoms with Gasteiger partial charge in [0.2, 0.25) is 0 Å². The van der Waals surface area contributed by atoms with Crippen molar-refractivity contribution in [3.8, 4) is 5.75 Å². The fraction of sp³-hybridized carbons (Fsp3) is 0.571. The highest BCUT2D eigenvalue weighted by atomic mass is 16.5. The molecule has 0 spiro atoms. The molecule has 1 aliphatic rings. The van der Waals surface area contributed by atoms with Crippen LogP contribution in [0.25, 0.3) is 0 Å². The highest BCUT2D eigenvalue weighted by molar-refractivity contribution is 5.36. The molecule has 1 aromatic rings. The van der Waals surface area contributed by atoms with E-state index >= 15 is 0 Å². The fourth-order valence-corrected chi connectivity index (χ4v) is 2.56. The van der Waals surface area contributed by atoms with Gasteiger partial charge in [0.05, 0.1) is 0 Å². The van der Waals surface area contributed by atoms with Gasteiger partial charge in [-0.1, -0.05) is 25.1 Å². The summed E-state index contributed by atoms with van der Waals surface area (Å²) >= 11 is 0. The maximum atomic E-state index is 5.82. The van der Waals surface area contributed by atoms with Crippen molar-refractivity contribution in [3.05, 3.63) is 29.8 Å². The molecule has 0 amide bonds. The van der Waals surface area contributed by atoms with E-state index in [1.54, 1.807) is 0 Å². The van der Waals surface area contributed by atoms with Crippen LogP contribution in [0, 0.1) is 0 Å². The van der Waals surface area contributed by atoms with Crippen LogP contribution in [0.5, 0.6) is 5.75 Å². The van der Waals surface area contributed by atoms with Crippen molar-refractivity contribution in [2.24, 2.45) is 0 Å². The Balaban J connectivity index is 2.37. The molecule has 1 heterocycles. The minimum Gasteiger partial charge on any atom is -0.492 e. The van der Waals surface area contributed by atoms with Gasteiger partial charge in [-0.15, -0.1) is 0 Å². The summed E-state index contributed by atoms with van der Waals surface area (Å²) in [5.74, 6) is 1.07. The van der Waals surface area contributed by atoms with Crippen molar-refractivity contribution in [3.63, 3.8) is 0 Å². The number of nitrogens with zero attached hydrogens (tertiary/aromatic N) is 1. The van der Waals surface area contributed by atoms with Crippen molar-refractivity contribution in [1.82, 2.24) is 4.90 Å². The molecule has 0 fully saturated rings. The van der Waals surface area contributed by atoms with E-state index in [0.29, 0.717) is 12.1 Å². The summed E-state index contributed by atoms with van der Waals surface area (Å²) in [6, 6.07) is 9.51. The Morgan fingerprint density at radius 1 is 1.38 bits per heavy atom. The summed E-state index contributed by atoms with van der Waals surface area (Å²) in [4.78, 5) is 2.53. The lowest BCUT2D eigenvalue weighted by Gasteiger charge is -2.32. The summed E-state index contributed by atoms with van der Waals surface area (Å²) in [5.41, 5.74) is 1.34. The number of benzene rings is 1. The van der Waals surface area contributed by atoms with Gasteiger partial charge in [-0.05, 0) is 26.3 Å². The first-order valence-corrected chi connectivity index (χ1v) is 6.21. The van der Waals surface area contributed by atoms with Gasteiger partial charge in [0.15, 0.2) is 0 Å². The van der Waals surface area contributed by atoms with Gasteiger partial charge in [0.25, 0.3) is 0 Å². The normalized spacial score (nSPS) is 21.4. The van der Waals surface area contributed by atoms with Gasteiger partial charge in [-0.3, -0.25) is 4.90 Å². The van der Waals surface area contributed by atoms with E-state index in [-0.39, 0.29) is 0 Å². The molecule has 0 radical (unpaired) electrons. The zero-order chi connectivity index (χ0) is 11.5. The molecular weight excluding hydrogens is 198 g/mol. The van der Waals surface area contributed by atoms with Crippen LogP contribution in [0.1, 0.15) is 38.8 Å². The van der Waals surface area contributed by atoms with Crippen molar-refractivity contribution in [2.75, 3.05) is 13.2 Å². The Morgan fingerprint density at radius 2 is 2.12 bits per heavy atom. The molecule has 16 heavy (non-hydrogen) atoms. The molecular formula is C14H21NO. The van der Waals surface area contributed by atoms with Crippen molar-refractivity contribution in [1.29, 1.82) is 0 Å². The lowest BCUT2D eigenvalue weighted by Crippen LogP contribution is -2.36. The summed E-state index contributed by atoms with van der Waals surface area (Å²) in [5, 5.41) is 0. The number of fused-ring (bicyclic) bond motifs is 1. The lowest BCUT2D eigenvalue weighted by atomic mass is 10.0. The zero-order valence-corrected chi connectivity index (χ0v) is 10.4. The number of hydrogen-bond donors (Lipinski definition) is 0. The van der Waals surface area contributed by atoms with E-state index in [2.05, 4.69) is 49.9 Å². The molecule has 1 aromatic carbocycles. The van der Waals surface area contributed by atoms with E-state index in [9.17, 15) is 0 Å². The first-order chi connectivity index (χ1) is 7.74. The van der Waals surface area contributed by atoms with E-state index < -0.39 is 0 Å². The second-order valence-corrected chi connectivity index (χ2v) is 4.64. The van der Waals surface area contributed by atoms with Gasteiger partial charge in [0.1, 0.15) is 12.4 Å². The monoisotopic (exact) mass is 219 g/mol. The van der Waals surface area contributed by atoms with Crippen LogP contribution in [-0.2, 0) is 0 Å². The quantitative estimate of drug-likeness (QED) is 0.757. The van der Waals surface area contributed by atoms with Crippen LogP contribution in [0.15, 0.2) is 24.3 Å². The molecule has 2 rings (SSSR count). The summed E-state index contributed by atoms with van der Waals surface area (Å²) < 4.78 is 5.82. The molecule has 0 N–H and O–H groups in total. The Bertz CT molecular complexity index is 348. The van der Waals surface area contributed by atoms with Gasteiger partial charge >= 0.3 is 0 Å². The van der Waals surface area contributed by atoms with Crippen molar-refractivity contribution < 1.29 is 4.74 Å². The van der Waals surface area contributed by atoms with Crippen molar-refractivity contribution in [2.45, 2.75) is 39.3 Å². The van der Waals surface area contributed by atoms with Gasteiger partial charge in [0, 0.05) is 24.2 Å². The minimum absolute atomic E-state index is 0.499. The maximum Gasteiger partial charge on any atom is 0.124 e. The van der Waals surface area contributed by atoms with Crippen LogP contribution in [0.4, 0.5) is 0 Å². The van der Waals surface area contributed by atoms with E-state index in [1.807, 2.05) is 0 Å². The number of para-hydroxylation sites is 1. The third kappa shape index (κ3) is 2.07. The largest absolute Gasteiger partial charge is 0.492 e. The molecule has 1 atom stereocenters. The molecule has 0 aliphatic carbocycles. The predicted molar refractivity (Wildman–Crippen MR) is 66.8 cm³/mol. The third-order valence-electron chi connectivity index (χ3n) is 3.34.